The van der Waals surface area contributed by atoms with E-state index < -0.39 is 0 Å². The number of carbonyl (C=O) groups excluding carboxylic acids is 1. The SMILES string of the molecule is CN1CC(CCOC(=O)C2CCCCCN2)C[C@H]2c3cccc4c3c(cn4C)C[C@@H]21. The predicted octanol–water partition coefficient (Wildman–Crippen LogP) is 3.60. The molecule has 3 heterocycles. The van der Waals surface area contributed by atoms with Crippen LogP contribution in [0.2, 0.25) is 0 Å². The van der Waals surface area contributed by atoms with Crippen molar-refractivity contribution in [2.75, 3.05) is 26.7 Å². The van der Waals surface area contributed by atoms with E-state index in [1.54, 1.807) is 0 Å². The lowest BCUT2D eigenvalue weighted by Crippen LogP contribution is -2.48. The van der Waals surface area contributed by atoms with Gasteiger partial charge in [-0.1, -0.05) is 25.0 Å². The van der Waals surface area contributed by atoms with Crippen molar-refractivity contribution in [2.24, 2.45) is 13.0 Å². The molecule has 0 radical (unpaired) electrons. The van der Waals surface area contributed by atoms with Gasteiger partial charge in [0.25, 0.3) is 0 Å². The minimum absolute atomic E-state index is 0.0460. The standard InChI is InChI=1S/C25H35N3O2/c1-27-15-17(10-12-30-25(29)21-8-4-3-5-11-26-21)13-20-19-7-6-9-22-24(19)18(14-23(20)27)16-28(22)2/h6-7,9,16-17,20-21,23,26H,3-5,8,10-15H2,1-2H3/t17?,20-,21?,23-/m0/s1. The zero-order valence-electron chi connectivity index (χ0n) is 18.4. The van der Waals surface area contributed by atoms with Crippen LogP contribution in [0.5, 0.6) is 0 Å². The van der Waals surface area contributed by atoms with Gasteiger partial charge < -0.3 is 19.5 Å². The summed E-state index contributed by atoms with van der Waals surface area (Å²) in [6, 6.07) is 7.29. The Morgan fingerprint density at radius 3 is 3.03 bits per heavy atom. The predicted molar refractivity (Wildman–Crippen MR) is 120 cm³/mol. The summed E-state index contributed by atoms with van der Waals surface area (Å²) in [4.78, 5) is 15.0. The topological polar surface area (TPSA) is 46.5 Å². The first-order valence-corrected chi connectivity index (χ1v) is 11.8. The molecule has 30 heavy (non-hydrogen) atoms. The highest BCUT2D eigenvalue weighted by molar-refractivity contribution is 5.89. The Labute approximate surface area is 179 Å². The maximum absolute atomic E-state index is 12.5. The monoisotopic (exact) mass is 409 g/mol. The molecule has 1 aromatic carbocycles. The van der Waals surface area contributed by atoms with Crippen molar-refractivity contribution in [2.45, 2.75) is 62.9 Å². The van der Waals surface area contributed by atoms with Gasteiger partial charge in [0.05, 0.1) is 6.61 Å². The Balaban J connectivity index is 1.24. The summed E-state index contributed by atoms with van der Waals surface area (Å²) in [6.45, 7) is 2.58. The van der Waals surface area contributed by atoms with Crippen LogP contribution in [-0.2, 0) is 23.0 Å². The molecule has 4 atom stereocenters. The first kappa shape index (κ1) is 20.1. The zero-order chi connectivity index (χ0) is 20.7. The van der Waals surface area contributed by atoms with Crippen molar-refractivity contribution in [1.29, 1.82) is 0 Å². The van der Waals surface area contributed by atoms with Crippen molar-refractivity contribution in [3.8, 4) is 0 Å². The molecule has 5 heteroatoms. The lowest BCUT2D eigenvalue weighted by atomic mass is 9.72. The number of likely N-dealkylation sites (N-methyl/N-ethyl adjacent to an activating group) is 1. The molecule has 5 nitrogen and oxygen atoms in total. The summed E-state index contributed by atoms with van der Waals surface area (Å²) < 4.78 is 7.99. The second-order valence-corrected chi connectivity index (χ2v) is 9.74. The van der Waals surface area contributed by atoms with E-state index in [4.69, 9.17) is 4.74 Å². The lowest BCUT2D eigenvalue weighted by molar-refractivity contribution is -0.146. The first-order valence-electron chi connectivity index (χ1n) is 11.8. The Bertz CT molecular complexity index is 912. The molecule has 2 unspecified atom stereocenters. The third kappa shape index (κ3) is 3.67. The Hall–Kier alpha value is -1.85. The summed E-state index contributed by atoms with van der Waals surface area (Å²) in [5.74, 6) is 1.11. The highest BCUT2D eigenvalue weighted by Crippen LogP contribution is 2.45. The van der Waals surface area contributed by atoms with Crippen molar-refractivity contribution in [1.82, 2.24) is 14.8 Å². The molecular formula is C25H35N3O2. The van der Waals surface area contributed by atoms with E-state index in [1.807, 2.05) is 0 Å². The molecule has 5 rings (SSSR count). The Morgan fingerprint density at radius 1 is 1.23 bits per heavy atom. The van der Waals surface area contributed by atoms with E-state index in [9.17, 15) is 4.79 Å². The van der Waals surface area contributed by atoms with E-state index in [1.165, 1.54) is 34.9 Å². The summed E-state index contributed by atoms with van der Waals surface area (Å²) in [5, 5.41) is 4.84. The number of piperidine rings is 1. The molecule has 1 aliphatic carbocycles. The number of fused-ring (bicyclic) bond motifs is 2. The van der Waals surface area contributed by atoms with Crippen LogP contribution in [0.1, 0.15) is 55.6 Å². The van der Waals surface area contributed by atoms with Crippen molar-refractivity contribution < 1.29 is 9.53 Å². The fourth-order valence-corrected chi connectivity index (χ4v) is 6.20. The third-order valence-electron chi connectivity index (χ3n) is 7.73. The van der Waals surface area contributed by atoms with Crippen LogP contribution >= 0.6 is 0 Å². The van der Waals surface area contributed by atoms with Crippen LogP contribution in [0.25, 0.3) is 10.9 Å². The summed E-state index contributed by atoms with van der Waals surface area (Å²) in [5.41, 5.74) is 4.38. The number of aromatic nitrogens is 1. The maximum atomic E-state index is 12.5. The number of esters is 1. The largest absolute Gasteiger partial charge is 0.465 e. The van der Waals surface area contributed by atoms with Gasteiger partial charge in [-0.05, 0) is 68.8 Å². The average molecular weight is 410 g/mol. The average Bonchev–Trinajstić information content (AvgIpc) is 2.92. The molecule has 2 aliphatic heterocycles. The van der Waals surface area contributed by atoms with Gasteiger partial charge in [-0.15, -0.1) is 0 Å². The third-order valence-corrected chi connectivity index (χ3v) is 7.73. The molecule has 162 valence electrons. The number of hydrogen-bond acceptors (Lipinski definition) is 4. The molecule has 1 aromatic heterocycles. The smallest absolute Gasteiger partial charge is 0.323 e. The number of benzene rings is 1. The molecule has 2 saturated heterocycles. The zero-order valence-corrected chi connectivity index (χ0v) is 18.4. The summed E-state index contributed by atoms with van der Waals surface area (Å²) in [7, 11) is 4.44. The highest BCUT2D eigenvalue weighted by Gasteiger charge is 2.39. The van der Waals surface area contributed by atoms with Crippen LogP contribution in [0, 0.1) is 5.92 Å². The minimum atomic E-state index is -0.0987. The number of rotatable bonds is 4. The number of nitrogens with one attached hydrogen (secondary N) is 1. The Morgan fingerprint density at radius 2 is 2.13 bits per heavy atom. The maximum Gasteiger partial charge on any atom is 0.323 e. The van der Waals surface area contributed by atoms with E-state index in [2.05, 4.69) is 53.3 Å². The first-order chi connectivity index (χ1) is 14.6. The van der Waals surface area contributed by atoms with Crippen LogP contribution in [0.3, 0.4) is 0 Å². The molecule has 1 N–H and O–H groups in total. The number of nitrogens with zero attached hydrogens (tertiary/aromatic N) is 2. The Kier molecular flexibility index (Phi) is 5.59. The fourth-order valence-electron chi connectivity index (χ4n) is 6.20. The highest BCUT2D eigenvalue weighted by atomic mass is 16.5. The van der Waals surface area contributed by atoms with Crippen LogP contribution in [0.15, 0.2) is 24.4 Å². The molecule has 3 aliphatic rings. The fraction of sp³-hybridized carbons (Fsp3) is 0.640. The van der Waals surface area contributed by atoms with Crippen molar-refractivity contribution in [3.05, 3.63) is 35.5 Å². The second-order valence-electron chi connectivity index (χ2n) is 9.74. The number of aryl methyl sites for hydroxylation is 1. The number of ether oxygens (including phenoxy) is 1. The van der Waals surface area contributed by atoms with Gasteiger partial charge in [0.15, 0.2) is 0 Å². The number of likely N-dealkylation sites (tertiary alicyclic amines) is 1. The molecule has 0 saturated carbocycles. The molecule has 0 amide bonds. The van der Waals surface area contributed by atoms with E-state index in [-0.39, 0.29) is 12.0 Å². The van der Waals surface area contributed by atoms with Gasteiger partial charge in [0.2, 0.25) is 0 Å². The molecule has 0 spiro atoms. The quantitative estimate of drug-likeness (QED) is 0.784. The number of hydrogen-bond donors (Lipinski definition) is 1. The molecule has 0 bridgehead atoms. The van der Waals surface area contributed by atoms with Gasteiger partial charge in [0.1, 0.15) is 6.04 Å². The van der Waals surface area contributed by atoms with Gasteiger partial charge in [-0.2, -0.15) is 0 Å². The van der Waals surface area contributed by atoms with E-state index >= 15 is 0 Å². The summed E-state index contributed by atoms with van der Waals surface area (Å²) in [6.07, 6.45) is 10.0. The molecule has 2 fully saturated rings. The molecule has 2 aromatic rings. The van der Waals surface area contributed by atoms with Crippen LogP contribution in [-0.4, -0.2) is 54.3 Å². The van der Waals surface area contributed by atoms with Crippen molar-refractivity contribution >= 4 is 16.9 Å². The molecular weight excluding hydrogens is 374 g/mol. The van der Waals surface area contributed by atoms with Gasteiger partial charge >= 0.3 is 5.97 Å². The van der Waals surface area contributed by atoms with Crippen molar-refractivity contribution in [3.63, 3.8) is 0 Å². The minimum Gasteiger partial charge on any atom is -0.465 e. The van der Waals surface area contributed by atoms with Crippen LogP contribution < -0.4 is 5.32 Å². The lowest BCUT2D eigenvalue weighted by Gasteiger charge is -2.45. The van der Waals surface area contributed by atoms with Gasteiger partial charge in [-0.3, -0.25) is 4.79 Å². The van der Waals surface area contributed by atoms with Crippen LogP contribution in [0.4, 0.5) is 0 Å². The van der Waals surface area contributed by atoms with Gasteiger partial charge in [0, 0.05) is 42.7 Å². The van der Waals surface area contributed by atoms with E-state index in [0.717, 1.165) is 45.2 Å². The van der Waals surface area contributed by atoms with Gasteiger partial charge in [-0.25, -0.2) is 0 Å². The number of carbonyl (C=O) groups is 1. The van der Waals surface area contributed by atoms with E-state index in [0.29, 0.717) is 24.5 Å². The normalized spacial score (nSPS) is 29.4. The summed E-state index contributed by atoms with van der Waals surface area (Å²) >= 11 is 0. The second kappa shape index (κ2) is 8.35.